The molecule has 0 N–H and O–H groups in total. The van der Waals surface area contributed by atoms with Gasteiger partial charge in [-0.1, -0.05) is 97.1 Å². The van der Waals surface area contributed by atoms with Gasteiger partial charge in [0.25, 0.3) is 0 Å². The van der Waals surface area contributed by atoms with Crippen molar-refractivity contribution in [2.24, 2.45) is 0 Å². The van der Waals surface area contributed by atoms with Gasteiger partial charge in [0.05, 0.1) is 39.2 Å². The van der Waals surface area contributed by atoms with E-state index >= 15 is 0 Å². The van der Waals surface area contributed by atoms with Gasteiger partial charge in [0.2, 0.25) is 0 Å². The highest BCUT2D eigenvalue weighted by Gasteiger charge is 2.18. The molecule has 5 heteroatoms. The van der Waals surface area contributed by atoms with E-state index in [0.29, 0.717) is 12.8 Å². The number of hydrogen-bond donors (Lipinski definition) is 0. The van der Waals surface area contributed by atoms with Crippen LogP contribution in [0.4, 0.5) is 0 Å². The number of imidazole rings is 1. The van der Waals surface area contributed by atoms with E-state index < -0.39 is 0 Å². The van der Waals surface area contributed by atoms with Gasteiger partial charge in [-0.3, -0.25) is 4.57 Å². The zero-order valence-corrected chi connectivity index (χ0v) is 27.7. The predicted octanol–water partition coefficient (Wildman–Crippen LogP) is 11.3. The van der Waals surface area contributed by atoms with Crippen molar-refractivity contribution in [1.82, 2.24) is 18.7 Å². The lowest BCUT2D eigenvalue weighted by atomic mass is 10.0. The summed E-state index contributed by atoms with van der Waals surface area (Å²) in [6.45, 7) is 0. The molecule has 10 aromatic rings. The van der Waals surface area contributed by atoms with E-state index in [0.717, 1.165) is 45.0 Å². The molecule has 3 heterocycles. The molecule has 0 saturated carbocycles. The first kappa shape index (κ1) is 29.1. The average molecular weight is 654 g/mol. The molecule has 7 aromatic carbocycles. The fourth-order valence-corrected chi connectivity index (χ4v) is 7.95. The molecular weight excluding hydrogens is 623 g/mol. The number of rotatable bonds is 6. The minimum absolute atomic E-state index is 0.409. The molecule has 0 aliphatic rings. The zero-order valence-electron chi connectivity index (χ0n) is 27.7. The summed E-state index contributed by atoms with van der Waals surface area (Å²) in [5.74, 6) is 0.889. The Kier molecular flexibility index (Phi) is 6.62. The van der Waals surface area contributed by atoms with E-state index in [9.17, 15) is 5.26 Å². The van der Waals surface area contributed by atoms with Crippen molar-refractivity contribution in [3.8, 4) is 34.3 Å². The number of hydrogen-bond acceptors (Lipinski definition) is 2. The van der Waals surface area contributed by atoms with Crippen LogP contribution in [0.15, 0.2) is 164 Å². The van der Waals surface area contributed by atoms with Crippen molar-refractivity contribution in [1.29, 1.82) is 5.26 Å². The second-order valence-electron chi connectivity index (χ2n) is 13.0. The Labute approximate surface area is 294 Å². The van der Waals surface area contributed by atoms with Crippen LogP contribution in [0.25, 0.3) is 82.8 Å². The van der Waals surface area contributed by atoms with Crippen LogP contribution in [0.1, 0.15) is 12.2 Å². The van der Waals surface area contributed by atoms with Crippen LogP contribution in [0.2, 0.25) is 0 Å². The Hall–Kier alpha value is -6.90. The highest BCUT2D eigenvalue weighted by Crippen LogP contribution is 2.38. The summed E-state index contributed by atoms with van der Waals surface area (Å²) < 4.78 is 7.01. The molecule has 0 saturated heterocycles. The van der Waals surface area contributed by atoms with Gasteiger partial charge in [-0.25, -0.2) is 4.98 Å². The van der Waals surface area contributed by atoms with Crippen molar-refractivity contribution in [2.75, 3.05) is 0 Å². The first-order valence-electron chi connectivity index (χ1n) is 17.3. The number of aryl methyl sites for hydroxylation is 1. The third kappa shape index (κ3) is 4.58. The molecule has 10 rings (SSSR count). The molecule has 0 amide bonds. The summed E-state index contributed by atoms with van der Waals surface area (Å²) in [5.41, 5.74) is 12.1. The van der Waals surface area contributed by atoms with Gasteiger partial charge >= 0.3 is 0 Å². The molecular formula is C46H31N5. The fourth-order valence-electron chi connectivity index (χ4n) is 7.95. The second-order valence-corrected chi connectivity index (χ2v) is 13.0. The molecule has 51 heavy (non-hydrogen) atoms. The van der Waals surface area contributed by atoms with Crippen LogP contribution in [0, 0.1) is 11.3 Å². The minimum Gasteiger partial charge on any atom is -0.309 e. The molecule has 0 aliphatic carbocycles. The fraction of sp³-hybridized carbons (Fsp3) is 0.0435. The molecule has 0 bridgehead atoms. The first-order chi connectivity index (χ1) is 25.3. The molecule has 0 spiro atoms. The van der Waals surface area contributed by atoms with Crippen molar-refractivity contribution in [2.45, 2.75) is 12.8 Å². The quantitative estimate of drug-likeness (QED) is 0.179. The zero-order chi connectivity index (χ0) is 33.9. The predicted molar refractivity (Wildman–Crippen MR) is 209 cm³/mol. The number of fused-ring (bicyclic) bond motifs is 7. The Morgan fingerprint density at radius 3 is 1.43 bits per heavy atom. The molecule has 240 valence electrons. The van der Waals surface area contributed by atoms with Crippen LogP contribution in [0.3, 0.4) is 0 Å². The topological polar surface area (TPSA) is 51.5 Å². The third-order valence-electron chi connectivity index (χ3n) is 10.1. The lowest BCUT2D eigenvalue weighted by Crippen LogP contribution is -2.02. The average Bonchev–Trinajstić information content (AvgIpc) is 3.85. The van der Waals surface area contributed by atoms with E-state index in [1.165, 1.54) is 43.6 Å². The maximum atomic E-state index is 9.44. The molecule has 0 fully saturated rings. The maximum absolute atomic E-state index is 9.44. The van der Waals surface area contributed by atoms with Crippen LogP contribution in [0.5, 0.6) is 0 Å². The van der Waals surface area contributed by atoms with Crippen LogP contribution in [-0.2, 0) is 6.42 Å². The van der Waals surface area contributed by atoms with Gasteiger partial charge in [0, 0.05) is 51.4 Å². The standard InChI is InChI=1S/C46H31N5/c47-26-12-25-46-48-40-19-5-10-24-45(40)51(46)33-14-11-13-31(27-33)32-28-34(49-41-20-6-1-15-36(41)37-16-2-7-21-42(37)49)30-35(29-32)50-43-22-8-3-17-38(43)39-18-4-9-23-44(39)50/h1-11,13-24,27-30H,12,25H2. The molecule has 0 radical (unpaired) electrons. The van der Waals surface area contributed by atoms with Crippen molar-refractivity contribution >= 4 is 54.6 Å². The third-order valence-corrected chi connectivity index (χ3v) is 10.1. The van der Waals surface area contributed by atoms with Gasteiger partial charge in [0.1, 0.15) is 5.82 Å². The van der Waals surface area contributed by atoms with Gasteiger partial charge in [-0.15, -0.1) is 0 Å². The van der Waals surface area contributed by atoms with E-state index in [1.54, 1.807) is 0 Å². The SMILES string of the molecule is N#CCCc1nc2ccccc2n1-c1cccc(-c2cc(-n3c4ccccc4c4ccccc43)cc(-n3c4ccccc4c4ccccc43)c2)c1. The number of aromatic nitrogens is 4. The number of para-hydroxylation sites is 6. The number of nitriles is 1. The molecule has 0 aliphatic heterocycles. The lowest BCUT2D eigenvalue weighted by Gasteiger charge is -2.17. The van der Waals surface area contributed by atoms with Gasteiger partial charge in [-0.2, -0.15) is 5.26 Å². The first-order valence-corrected chi connectivity index (χ1v) is 17.3. The highest BCUT2D eigenvalue weighted by atomic mass is 15.1. The van der Waals surface area contributed by atoms with Gasteiger partial charge < -0.3 is 9.13 Å². The molecule has 3 aromatic heterocycles. The molecule has 5 nitrogen and oxygen atoms in total. The minimum atomic E-state index is 0.409. The van der Waals surface area contributed by atoms with Crippen molar-refractivity contribution in [3.63, 3.8) is 0 Å². The maximum Gasteiger partial charge on any atom is 0.115 e. The monoisotopic (exact) mass is 653 g/mol. The van der Waals surface area contributed by atoms with E-state index in [2.05, 4.69) is 165 Å². The largest absolute Gasteiger partial charge is 0.309 e. The Morgan fingerprint density at radius 2 is 0.902 bits per heavy atom. The van der Waals surface area contributed by atoms with E-state index in [1.807, 2.05) is 18.2 Å². The Balaban J connectivity index is 1.26. The second kappa shape index (κ2) is 11.6. The smallest absolute Gasteiger partial charge is 0.115 e. The van der Waals surface area contributed by atoms with Gasteiger partial charge in [0.15, 0.2) is 0 Å². The summed E-state index contributed by atoms with van der Waals surface area (Å²) in [6, 6.07) is 60.9. The highest BCUT2D eigenvalue weighted by molar-refractivity contribution is 6.10. The Bertz CT molecular complexity index is 2760. The summed E-state index contributed by atoms with van der Waals surface area (Å²) >= 11 is 0. The summed E-state index contributed by atoms with van der Waals surface area (Å²) in [6.07, 6.45) is 0.989. The number of benzene rings is 7. The van der Waals surface area contributed by atoms with Gasteiger partial charge in [-0.05, 0) is 77.9 Å². The van der Waals surface area contributed by atoms with Crippen LogP contribution < -0.4 is 0 Å². The summed E-state index contributed by atoms with van der Waals surface area (Å²) in [5, 5.41) is 14.4. The van der Waals surface area contributed by atoms with Crippen LogP contribution in [-0.4, -0.2) is 18.7 Å². The normalized spacial score (nSPS) is 11.7. The lowest BCUT2D eigenvalue weighted by molar-refractivity contribution is 0.862. The van der Waals surface area contributed by atoms with E-state index in [-0.39, 0.29) is 0 Å². The molecule has 0 atom stereocenters. The van der Waals surface area contributed by atoms with Crippen molar-refractivity contribution < 1.29 is 0 Å². The summed E-state index contributed by atoms with van der Waals surface area (Å²) in [7, 11) is 0. The number of nitrogens with zero attached hydrogens (tertiary/aromatic N) is 5. The van der Waals surface area contributed by atoms with E-state index in [4.69, 9.17) is 4.98 Å². The van der Waals surface area contributed by atoms with Crippen LogP contribution >= 0.6 is 0 Å². The molecule has 0 unspecified atom stereocenters. The summed E-state index contributed by atoms with van der Waals surface area (Å²) in [4.78, 5) is 4.95. The van der Waals surface area contributed by atoms with Crippen molar-refractivity contribution in [3.05, 3.63) is 170 Å². The Morgan fingerprint density at radius 1 is 0.431 bits per heavy atom.